The Balaban J connectivity index is 2.40. The Morgan fingerprint density at radius 3 is 2.81 bits per heavy atom. The Hall–Kier alpha value is -1.67. The van der Waals surface area contributed by atoms with Gasteiger partial charge in [0.1, 0.15) is 0 Å². The Labute approximate surface area is 94.8 Å². The Morgan fingerprint density at radius 2 is 2.00 bits per heavy atom. The fraction of sp³-hybridized carbons (Fsp3) is 0.214. The highest BCUT2D eigenvalue weighted by molar-refractivity contribution is 5.65. The topological polar surface area (TPSA) is 24.1 Å². The average Bonchev–Trinajstić information content (AvgIpc) is 2.49. The summed E-state index contributed by atoms with van der Waals surface area (Å²) in [5.41, 5.74) is 3.47. The molecule has 0 radical (unpaired) electrons. The Bertz CT molecular complexity index is 573. The van der Waals surface area contributed by atoms with Crippen LogP contribution >= 0.6 is 0 Å². The second kappa shape index (κ2) is 2.92. The molecule has 1 aliphatic heterocycles. The van der Waals surface area contributed by atoms with Gasteiger partial charge in [-0.3, -0.25) is 0 Å². The van der Waals surface area contributed by atoms with Gasteiger partial charge in [0.2, 0.25) is 5.69 Å². The summed E-state index contributed by atoms with van der Waals surface area (Å²) in [7, 11) is 0. The summed E-state index contributed by atoms with van der Waals surface area (Å²) in [4.78, 5) is 0. The zero-order valence-electron chi connectivity index (χ0n) is 9.44. The van der Waals surface area contributed by atoms with Crippen LogP contribution < -0.4 is 4.57 Å². The van der Waals surface area contributed by atoms with Gasteiger partial charge in [-0.05, 0) is 25.1 Å². The highest BCUT2D eigenvalue weighted by Gasteiger charge is 2.45. The minimum atomic E-state index is -0.931. The molecule has 1 aliphatic rings. The summed E-state index contributed by atoms with van der Waals surface area (Å²) >= 11 is 0. The predicted octanol–water partition coefficient (Wildman–Crippen LogP) is 1.98. The second-order valence-corrected chi connectivity index (χ2v) is 4.53. The molecule has 0 aliphatic carbocycles. The van der Waals surface area contributed by atoms with Gasteiger partial charge in [0.05, 0.1) is 11.1 Å². The van der Waals surface area contributed by atoms with Gasteiger partial charge in [-0.1, -0.05) is 11.6 Å². The molecule has 2 nitrogen and oxygen atoms in total. The summed E-state index contributed by atoms with van der Waals surface area (Å²) in [5, 5.41) is 10.6. The third kappa shape index (κ3) is 1.08. The Kier molecular flexibility index (Phi) is 1.74. The summed E-state index contributed by atoms with van der Waals surface area (Å²) in [6, 6.07) is 12.2. The van der Waals surface area contributed by atoms with E-state index in [0.717, 1.165) is 16.8 Å². The lowest BCUT2D eigenvalue weighted by atomic mass is 9.99. The smallest absolute Gasteiger partial charge is 0.295 e. The predicted molar refractivity (Wildman–Crippen MR) is 61.8 cm³/mol. The Morgan fingerprint density at radius 1 is 1.19 bits per heavy atom. The van der Waals surface area contributed by atoms with Crippen LogP contribution in [0.1, 0.15) is 18.1 Å². The zero-order chi connectivity index (χ0) is 11.3. The third-order valence-corrected chi connectivity index (χ3v) is 3.29. The molecule has 0 saturated carbocycles. The van der Waals surface area contributed by atoms with E-state index >= 15 is 0 Å². The molecule has 1 atom stereocenters. The molecule has 0 amide bonds. The van der Waals surface area contributed by atoms with Crippen molar-refractivity contribution >= 4 is 0 Å². The van der Waals surface area contributed by atoms with Crippen molar-refractivity contribution in [3.63, 3.8) is 0 Å². The molecule has 3 rings (SSSR count). The molecule has 1 unspecified atom stereocenters. The number of aliphatic hydroxyl groups is 1. The summed E-state index contributed by atoms with van der Waals surface area (Å²) in [6.45, 7) is 3.90. The molecule has 0 spiro atoms. The van der Waals surface area contributed by atoms with E-state index in [-0.39, 0.29) is 0 Å². The zero-order valence-corrected chi connectivity index (χ0v) is 9.44. The highest BCUT2D eigenvalue weighted by atomic mass is 16.3. The van der Waals surface area contributed by atoms with Crippen LogP contribution in [0.25, 0.3) is 11.3 Å². The minimum Gasteiger partial charge on any atom is -0.331 e. The fourth-order valence-electron chi connectivity index (χ4n) is 2.46. The SMILES string of the molecule is Cc1ccc2c(c1)-c1cccc[n+]1C2(C)O. The monoisotopic (exact) mass is 212 g/mol. The molecule has 0 fully saturated rings. The van der Waals surface area contributed by atoms with E-state index < -0.39 is 5.72 Å². The van der Waals surface area contributed by atoms with Gasteiger partial charge >= 0.3 is 0 Å². The molecule has 1 N–H and O–H groups in total. The van der Waals surface area contributed by atoms with Gasteiger partial charge in [-0.2, -0.15) is 4.57 Å². The quantitative estimate of drug-likeness (QED) is 0.663. The first-order valence-corrected chi connectivity index (χ1v) is 5.46. The van der Waals surface area contributed by atoms with Gasteiger partial charge in [-0.15, -0.1) is 0 Å². The molecular weight excluding hydrogens is 198 g/mol. The number of rotatable bonds is 0. The second-order valence-electron chi connectivity index (χ2n) is 4.53. The fourth-order valence-corrected chi connectivity index (χ4v) is 2.46. The normalized spacial score (nSPS) is 21.7. The standard InChI is InChI=1S/C14H14NO/c1-10-6-7-12-11(9-10)13-5-3-4-8-15(13)14(12,2)16/h3-9,16H,1-2H3/q+1. The van der Waals surface area contributed by atoms with Crippen molar-refractivity contribution in [1.82, 2.24) is 0 Å². The van der Waals surface area contributed by atoms with E-state index in [1.807, 2.05) is 48.0 Å². The molecule has 2 heterocycles. The number of hydrogen-bond acceptors (Lipinski definition) is 1. The van der Waals surface area contributed by atoms with E-state index in [1.54, 1.807) is 0 Å². The maximum absolute atomic E-state index is 10.6. The van der Waals surface area contributed by atoms with Crippen molar-refractivity contribution in [2.75, 3.05) is 0 Å². The van der Waals surface area contributed by atoms with E-state index in [0.29, 0.717) is 0 Å². The van der Waals surface area contributed by atoms with Crippen molar-refractivity contribution in [2.24, 2.45) is 0 Å². The van der Waals surface area contributed by atoms with Crippen molar-refractivity contribution in [3.05, 3.63) is 53.7 Å². The minimum absolute atomic E-state index is 0.931. The number of hydrogen-bond donors (Lipinski definition) is 1. The molecule has 0 bridgehead atoms. The number of benzene rings is 1. The average molecular weight is 212 g/mol. The molecule has 16 heavy (non-hydrogen) atoms. The highest BCUT2D eigenvalue weighted by Crippen LogP contribution is 2.35. The number of fused-ring (bicyclic) bond motifs is 3. The van der Waals surface area contributed by atoms with Gasteiger partial charge in [0.15, 0.2) is 6.20 Å². The number of nitrogens with zero attached hydrogens (tertiary/aromatic N) is 1. The van der Waals surface area contributed by atoms with Crippen LogP contribution in [0.2, 0.25) is 0 Å². The van der Waals surface area contributed by atoms with Gasteiger partial charge < -0.3 is 5.11 Å². The van der Waals surface area contributed by atoms with Crippen LogP contribution in [-0.2, 0) is 5.72 Å². The first-order chi connectivity index (χ1) is 7.60. The summed E-state index contributed by atoms with van der Waals surface area (Å²) in [5.74, 6) is 0. The third-order valence-electron chi connectivity index (χ3n) is 3.29. The lowest BCUT2D eigenvalue weighted by Gasteiger charge is -2.12. The van der Waals surface area contributed by atoms with Crippen molar-refractivity contribution in [1.29, 1.82) is 0 Å². The summed E-state index contributed by atoms with van der Waals surface area (Å²) < 4.78 is 1.91. The molecule has 0 saturated heterocycles. The molecule has 2 aromatic rings. The van der Waals surface area contributed by atoms with Crippen molar-refractivity contribution in [2.45, 2.75) is 19.6 Å². The van der Waals surface area contributed by atoms with Gasteiger partial charge in [-0.25, -0.2) is 0 Å². The van der Waals surface area contributed by atoms with E-state index in [4.69, 9.17) is 0 Å². The summed E-state index contributed by atoms with van der Waals surface area (Å²) in [6.07, 6.45) is 1.92. The lowest BCUT2D eigenvalue weighted by Crippen LogP contribution is -2.52. The molecular formula is C14H14NO+. The van der Waals surface area contributed by atoms with Crippen molar-refractivity contribution < 1.29 is 9.67 Å². The van der Waals surface area contributed by atoms with Crippen LogP contribution in [-0.4, -0.2) is 5.11 Å². The largest absolute Gasteiger partial charge is 0.331 e. The maximum Gasteiger partial charge on any atom is 0.295 e. The van der Waals surface area contributed by atoms with Gasteiger partial charge in [0, 0.05) is 19.1 Å². The van der Waals surface area contributed by atoms with Crippen LogP contribution in [0.15, 0.2) is 42.6 Å². The molecule has 1 aromatic carbocycles. The van der Waals surface area contributed by atoms with Crippen LogP contribution in [0, 0.1) is 6.92 Å². The van der Waals surface area contributed by atoms with Gasteiger partial charge in [0.25, 0.3) is 5.72 Å². The van der Waals surface area contributed by atoms with Crippen molar-refractivity contribution in [3.8, 4) is 11.3 Å². The number of aromatic nitrogens is 1. The maximum atomic E-state index is 10.6. The molecule has 2 heteroatoms. The molecule has 1 aromatic heterocycles. The van der Waals surface area contributed by atoms with Crippen LogP contribution in [0.4, 0.5) is 0 Å². The lowest BCUT2D eigenvalue weighted by molar-refractivity contribution is -0.776. The number of aryl methyl sites for hydroxylation is 1. The molecule has 80 valence electrons. The first kappa shape index (κ1) is 9.55. The number of pyridine rings is 1. The van der Waals surface area contributed by atoms with E-state index in [1.165, 1.54) is 5.56 Å². The van der Waals surface area contributed by atoms with Crippen LogP contribution in [0.3, 0.4) is 0 Å². The van der Waals surface area contributed by atoms with E-state index in [9.17, 15) is 5.11 Å². The first-order valence-electron chi connectivity index (χ1n) is 5.46. The van der Waals surface area contributed by atoms with Crippen LogP contribution in [0.5, 0.6) is 0 Å². The van der Waals surface area contributed by atoms with E-state index in [2.05, 4.69) is 13.0 Å².